The van der Waals surface area contributed by atoms with Crippen LogP contribution in [0.2, 0.25) is 25.7 Å². The van der Waals surface area contributed by atoms with Gasteiger partial charge in [0, 0.05) is 69.7 Å². The van der Waals surface area contributed by atoms with E-state index in [4.69, 9.17) is 14.6 Å². The Labute approximate surface area is 255 Å². The van der Waals surface area contributed by atoms with Crippen LogP contribution in [0.5, 0.6) is 0 Å². The zero-order valence-electron chi connectivity index (χ0n) is 26.7. The van der Waals surface area contributed by atoms with E-state index in [0.29, 0.717) is 25.7 Å². The van der Waals surface area contributed by atoms with Gasteiger partial charge >= 0.3 is 6.09 Å². The number of aromatic nitrogens is 5. The average molecular weight is 607 g/mol. The minimum absolute atomic E-state index is 0.0918. The predicted octanol–water partition coefficient (Wildman–Crippen LogP) is 5.32. The van der Waals surface area contributed by atoms with Crippen molar-refractivity contribution in [3.8, 4) is 17.3 Å². The average Bonchev–Trinajstić information content (AvgIpc) is 3.55. The van der Waals surface area contributed by atoms with E-state index in [1.165, 1.54) is 0 Å². The van der Waals surface area contributed by atoms with E-state index in [-0.39, 0.29) is 17.7 Å². The third-order valence-electron chi connectivity index (χ3n) is 8.52. The Balaban J connectivity index is 1.25. The molecule has 0 spiro atoms. The fraction of sp³-hybridized carbons (Fsp3) is 0.645. The summed E-state index contributed by atoms with van der Waals surface area (Å²) in [6, 6.07) is 6.00. The summed E-state index contributed by atoms with van der Waals surface area (Å²) in [5, 5.41) is 15.5. The molecule has 5 rings (SSSR count). The summed E-state index contributed by atoms with van der Waals surface area (Å²) < 4.78 is 15.6. The molecule has 0 bridgehead atoms. The van der Waals surface area contributed by atoms with Crippen molar-refractivity contribution in [1.82, 2.24) is 34.1 Å². The maximum absolute atomic E-state index is 12.7. The monoisotopic (exact) mass is 606 g/mol. The largest absolute Gasteiger partial charge is 0.444 e. The number of rotatable bonds is 9. The van der Waals surface area contributed by atoms with Crippen molar-refractivity contribution in [3.63, 3.8) is 0 Å². The normalized spacial score (nSPS) is 21.0. The molecule has 0 aromatic carbocycles. The van der Waals surface area contributed by atoms with Gasteiger partial charge in [-0.15, -0.1) is 0 Å². The summed E-state index contributed by atoms with van der Waals surface area (Å²) in [5.74, 6) is 0. The van der Waals surface area contributed by atoms with E-state index >= 15 is 0 Å². The summed E-state index contributed by atoms with van der Waals surface area (Å²) in [5.41, 5.74) is 1.66. The standard InChI is InChI=1S/C31H46N8O3Si/c1-23-16-25(8-13-38(23)29(40)42-30(2,3)4)37-19-31(20-37,10-11-32)39-18-24(17-35-39)27-26-9-12-36(28(26)34-21-33-27)22-41-14-15-43(5,6)7/h9,12,17-18,21,23,25H,8,10,13-16,19-20,22H2,1-7H3. The highest BCUT2D eigenvalue weighted by Crippen LogP contribution is 2.38. The van der Waals surface area contributed by atoms with E-state index in [1.807, 2.05) is 59.6 Å². The van der Waals surface area contributed by atoms with Crippen LogP contribution in [-0.4, -0.2) is 92.2 Å². The van der Waals surface area contributed by atoms with Crippen LogP contribution < -0.4 is 0 Å². The van der Waals surface area contributed by atoms with Crippen LogP contribution in [-0.2, 0) is 21.7 Å². The highest BCUT2D eigenvalue weighted by molar-refractivity contribution is 6.76. The molecule has 2 unspecified atom stereocenters. The Morgan fingerprint density at radius 3 is 2.67 bits per heavy atom. The molecule has 5 heterocycles. The first-order chi connectivity index (χ1) is 20.3. The number of hydrogen-bond acceptors (Lipinski definition) is 8. The topological polar surface area (TPSA) is 114 Å². The number of piperidine rings is 1. The number of carbonyl (C=O) groups is 1. The molecule has 2 fully saturated rings. The van der Waals surface area contributed by atoms with Crippen molar-refractivity contribution < 1.29 is 14.3 Å². The van der Waals surface area contributed by atoms with Crippen molar-refractivity contribution in [2.45, 2.75) is 103 Å². The van der Waals surface area contributed by atoms with Crippen LogP contribution in [0.4, 0.5) is 4.79 Å². The van der Waals surface area contributed by atoms with Gasteiger partial charge in [0.25, 0.3) is 0 Å². The number of nitrogens with zero attached hydrogens (tertiary/aromatic N) is 8. The molecule has 0 saturated carbocycles. The molecule has 0 N–H and O–H groups in total. The second kappa shape index (κ2) is 12.0. The molecule has 2 saturated heterocycles. The van der Waals surface area contributed by atoms with E-state index in [0.717, 1.165) is 60.9 Å². The number of nitriles is 1. The van der Waals surface area contributed by atoms with Gasteiger partial charge in [-0.25, -0.2) is 14.8 Å². The van der Waals surface area contributed by atoms with Crippen LogP contribution in [0.15, 0.2) is 31.0 Å². The third-order valence-corrected chi connectivity index (χ3v) is 10.2. The van der Waals surface area contributed by atoms with Gasteiger partial charge in [-0.05, 0) is 52.6 Å². The van der Waals surface area contributed by atoms with Gasteiger partial charge in [-0.1, -0.05) is 19.6 Å². The van der Waals surface area contributed by atoms with Gasteiger partial charge < -0.3 is 18.9 Å². The summed E-state index contributed by atoms with van der Waals surface area (Å²) >= 11 is 0. The minimum Gasteiger partial charge on any atom is -0.444 e. The van der Waals surface area contributed by atoms with Crippen molar-refractivity contribution in [2.75, 3.05) is 26.2 Å². The van der Waals surface area contributed by atoms with E-state index in [2.05, 4.69) is 47.5 Å². The predicted molar refractivity (Wildman–Crippen MR) is 168 cm³/mol. The second-order valence-corrected chi connectivity index (χ2v) is 20.1. The maximum Gasteiger partial charge on any atom is 0.410 e. The van der Waals surface area contributed by atoms with Crippen molar-refractivity contribution >= 4 is 25.2 Å². The highest BCUT2D eigenvalue weighted by atomic mass is 28.3. The molecule has 232 valence electrons. The molecular weight excluding hydrogens is 560 g/mol. The lowest BCUT2D eigenvalue weighted by Gasteiger charge is -2.54. The number of fused-ring (bicyclic) bond motifs is 1. The van der Waals surface area contributed by atoms with Gasteiger partial charge in [0.15, 0.2) is 0 Å². The molecule has 2 aliphatic rings. The first-order valence-electron chi connectivity index (χ1n) is 15.3. The zero-order valence-corrected chi connectivity index (χ0v) is 27.7. The van der Waals surface area contributed by atoms with Crippen LogP contribution in [0, 0.1) is 11.3 Å². The second-order valence-electron chi connectivity index (χ2n) is 14.4. The summed E-state index contributed by atoms with van der Waals surface area (Å²) in [6.07, 6.45) is 9.35. The van der Waals surface area contributed by atoms with Gasteiger partial charge in [-0.3, -0.25) is 9.58 Å². The SMILES string of the molecule is CC1CC(N2CC(CC#N)(n3cc(-c4ncnc5c4ccn5COCC[Si](C)(C)C)cn3)C2)CCN1C(=O)OC(C)(C)C. The Bertz CT molecular complexity index is 1470. The third kappa shape index (κ3) is 6.95. The molecule has 2 atom stereocenters. The molecule has 1 amide bonds. The molecule has 3 aromatic rings. The zero-order chi connectivity index (χ0) is 31.0. The summed E-state index contributed by atoms with van der Waals surface area (Å²) in [4.78, 5) is 26.1. The molecule has 0 aliphatic carbocycles. The Kier molecular flexibility index (Phi) is 8.71. The Morgan fingerprint density at radius 2 is 2.00 bits per heavy atom. The quantitative estimate of drug-likeness (QED) is 0.238. The first-order valence-corrected chi connectivity index (χ1v) is 19.0. The fourth-order valence-corrected chi connectivity index (χ4v) is 6.86. The molecular formula is C31H46N8O3Si. The van der Waals surface area contributed by atoms with Crippen LogP contribution in [0.25, 0.3) is 22.3 Å². The molecule has 2 aliphatic heterocycles. The van der Waals surface area contributed by atoms with Crippen molar-refractivity contribution in [3.05, 3.63) is 31.0 Å². The number of ether oxygens (including phenoxy) is 2. The number of hydrogen-bond donors (Lipinski definition) is 0. The molecule has 3 aromatic heterocycles. The summed E-state index contributed by atoms with van der Waals surface area (Å²) in [6.45, 7) is 18.2. The van der Waals surface area contributed by atoms with Crippen LogP contribution in [0.3, 0.4) is 0 Å². The Morgan fingerprint density at radius 1 is 1.23 bits per heavy atom. The maximum atomic E-state index is 12.7. The van der Waals surface area contributed by atoms with E-state index in [9.17, 15) is 10.1 Å². The highest BCUT2D eigenvalue weighted by Gasteiger charge is 2.49. The van der Waals surface area contributed by atoms with Gasteiger partial charge in [0.1, 0.15) is 29.8 Å². The minimum atomic E-state index is -1.15. The smallest absolute Gasteiger partial charge is 0.410 e. The molecule has 11 nitrogen and oxygen atoms in total. The van der Waals surface area contributed by atoms with Gasteiger partial charge in [-0.2, -0.15) is 10.4 Å². The lowest BCUT2D eigenvalue weighted by atomic mass is 9.83. The van der Waals surface area contributed by atoms with E-state index in [1.54, 1.807) is 6.33 Å². The summed E-state index contributed by atoms with van der Waals surface area (Å²) in [7, 11) is -1.15. The molecule has 43 heavy (non-hydrogen) atoms. The number of carbonyl (C=O) groups excluding carboxylic acids is 1. The fourth-order valence-electron chi connectivity index (χ4n) is 6.11. The number of likely N-dealkylation sites (tertiary alicyclic amines) is 2. The van der Waals surface area contributed by atoms with Crippen molar-refractivity contribution in [1.29, 1.82) is 5.26 Å². The Hall–Kier alpha value is -3.27. The molecule has 0 radical (unpaired) electrons. The first kappa shape index (κ1) is 31.2. The lowest BCUT2D eigenvalue weighted by Crippen LogP contribution is -2.67. The van der Waals surface area contributed by atoms with Crippen molar-refractivity contribution in [2.24, 2.45) is 0 Å². The van der Waals surface area contributed by atoms with Gasteiger partial charge in [0.2, 0.25) is 0 Å². The van der Waals surface area contributed by atoms with Crippen LogP contribution >= 0.6 is 0 Å². The number of amides is 1. The van der Waals surface area contributed by atoms with E-state index < -0.39 is 13.7 Å². The molecule has 12 heteroatoms. The van der Waals surface area contributed by atoms with Crippen LogP contribution in [0.1, 0.15) is 47.0 Å². The lowest BCUT2D eigenvalue weighted by molar-refractivity contribution is -0.0541. The van der Waals surface area contributed by atoms with Gasteiger partial charge in [0.05, 0.1) is 24.4 Å².